The van der Waals surface area contributed by atoms with Gasteiger partial charge in [-0.1, -0.05) is 36.4 Å². The normalized spacial score (nSPS) is 11.3. The maximum atomic E-state index is 4.50. The van der Waals surface area contributed by atoms with Crippen LogP contribution in [0.3, 0.4) is 0 Å². The van der Waals surface area contributed by atoms with Crippen molar-refractivity contribution in [2.45, 2.75) is 39.9 Å². The summed E-state index contributed by atoms with van der Waals surface area (Å²) in [5.74, 6) is 0. The van der Waals surface area contributed by atoms with E-state index in [1.165, 1.54) is 21.7 Å². The van der Waals surface area contributed by atoms with Gasteiger partial charge in [0.05, 0.1) is 6.20 Å². The van der Waals surface area contributed by atoms with Gasteiger partial charge in [0.15, 0.2) is 0 Å². The molecule has 1 aromatic carbocycles. The number of rotatable bonds is 8. The number of aryl methyl sites for hydroxylation is 1. The van der Waals surface area contributed by atoms with Crippen LogP contribution in [0.2, 0.25) is 0 Å². The van der Waals surface area contributed by atoms with E-state index >= 15 is 0 Å². The molecule has 3 rings (SSSR count). The van der Waals surface area contributed by atoms with Gasteiger partial charge in [-0.25, -0.2) is 0 Å². The third-order valence-corrected chi connectivity index (χ3v) is 5.28. The second-order valence-corrected chi connectivity index (χ2v) is 7.13. The van der Waals surface area contributed by atoms with Crippen molar-refractivity contribution in [1.82, 2.24) is 14.7 Å². The van der Waals surface area contributed by atoms with Crippen molar-refractivity contribution >= 4 is 11.3 Å². The van der Waals surface area contributed by atoms with Crippen LogP contribution in [0.1, 0.15) is 28.6 Å². The largest absolute Gasteiger partial charge is 0.294 e. The molecule has 0 N–H and O–H groups in total. The van der Waals surface area contributed by atoms with Crippen LogP contribution >= 0.6 is 11.3 Å². The summed E-state index contributed by atoms with van der Waals surface area (Å²) in [4.78, 5) is 3.95. The zero-order chi connectivity index (χ0) is 16.8. The third-order valence-electron chi connectivity index (χ3n) is 4.42. The van der Waals surface area contributed by atoms with E-state index in [1.807, 2.05) is 17.5 Å². The average molecular weight is 340 g/mol. The van der Waals surface area contributed by atoms with E-state index in [9.17, 15) is 0 Å². The molecule has 3 aromatic rings. The highest BCUT2D eigenvalue weighted by Gasteiger charge is 2.12. The molecular formula is C20H25N3S. The quantitative estimate of drug-likeness (QED) is 0.602. The Balaban J connectivity index is 1.70. The lowest BCUT2D eigenvalue weighted by Crippen LogP contribution is -2.25. The Bertz CT molecular complexity index is 732. The zero-order valence-electron chi connectivity index (χ0n) is 14.5. The number of aromatic nitrogens is 2. The van der Waals surface area contributed by atoms with Gasteiger partial charge in [-0.15, -0.1) is 11.3 Å². The lowest BCUT2D eigenvalue weighted by molar-refractivity contribution is 0.261. The topological polar surface area (TPSA) is 21.1 Å². The molecule has 2 aromatic heterocycles. The fraction of sp³-hybridized carbons (Fsp3) is 0.350. The van der Waals surface area contributed by atoms with Gasteiger partial charge in [0.1, 0.15) is 0 Å². The lowest BCUT2D eigenvalue weighted by Gasteiger charge is -2.21. The maximum absolute atomic E-state index is 4.50. The summed E-state index contributed by atoms with van der Waals surface area (Å²) < 4.78 is 2.08. The first-order valence-electron chi connectivity index (χ1n) is 8.56. The molecule has 0 spiro atoms. The minimum atomic E-state index is 0.931. The van der Waals surface area contributed by atoms with Crippen LogP contribution in [0.5, 0.6) is 0 Å². The predicted octanol–water partition coefficient (Wildman–Crippen LogP) is 4.52. The van der Waals surface area contributed by atoms with E-state index in [0.717, 1.165) is 32.6 Å². The third kappa shape index (κ3) is 4.34. The molecule has 0 unspecified atom stereocenters. The summed E-state index contributed by atoms with van der Waals surface area (Å²) in [6.45, 7) is 8.26. The molecule has 0 aliphatic heterocycles. The monoisotopic (exact) mass is 339 g/mol. The number of hydrogen-bond acceptors (Lipinski definition) is 3. The molecule has 0 fully saturated rings. The Labute approximate surface area is 148 Å². The predicted molar refractivity (Wildman–Crippen MR) is 101 cm³/mol. The van der Waals surface area contributed by atoms with Crippen molar-refractivity contribution in [3.05, 3.63) is 75.7 Å². The van der Waals surface area contributed by atoms with Crippen LogP contribution in [0.4, 0.5) is 0 Å². The van der Waals surface area contributed by atoms with Crippen LogP contribution in [-0.4, -0.2) is 21.2 Å². The van der Waals surface area contributed by atoms with Gasteiger partial charge < -0.3 is 0 Å². The van der Waals surface area contributed by atoms with Gasteiger partial charge in [-0.2, -0.15) is 5.10 Å². The molecule has 0 saturated heterocycles. The van der Waals surface area contributed by atoms with E-state index in [4.69, 9.17) is 0 Å². The summed E-state index contributed by atoms with van der Waals surface area (Å²) in [6.07, 6.45) is 3.11. The summed E-state index contributed by atoms with van der Waals surface area (Å²) >= 11 is 1.83. The van der Waals surface area contributed by atoms with Crippen molar-refractivity contribution in [2.24, 2.45) is 0 Å². The van der Waals surface area contributed by atoms with E-state index in [-0.39, 0.29) is 0 Å². The zero-order valence-corrected chi connectivity index (χ0v) is 15.3. The van der Waals surface area contributed by atoms with Crippen LogP contribution in [0.15, 0.2) is 54.0 Å². The molecule has 0 saturated carbocycles. The first-order chi connectivity index (χ1) is 11.8. The number of benzene rings is 1. The van der Waals surface area contributed by atoms with E-state index in [0.29, 0.717) is 0 Å². The Morgan fingerprint density at radius 2 is 1.92 bits per heavy atom. The fourth-order valence-electron chi connectivity index (χ4n) is 2.97. The standard InChI is InChI=1S/C20H25N3S/c1-3-23-17(2)19(14-21-23)15-22(16-20-10-7-13-24-20)12-11-18-8-5-4-6-9-18/h4-10,13-14H,3,11-12,15-16H2,1-2H3. The van der Waals surface area contributed by atoms with Gasteiger partial charge in [-0.3, -0.25) is 9.58 Å². The molecule has 0 atom stereocenters. The Morgan fingerprint density at radius 1 is 1.08 bits per heavy atom. The van der Waals surface area contributed by atoms with Crippen molar-refractivity contribution in [2.75, 3.05) is 6.54 Å². The lowest BCUT2D eigenvalue weighted by atomic mass is 10.1. The Kier molecular flexibility index (Phi) is 5.83. The second kappa shape index (κ2) is 8.27. The van der Waals surface area contributed by atoms with Crippen molar-refractivity contribution < 1.29 is 0 Å². The maximum Gasteiger partial charge on any atom is 0.0537 e. The summed E-state index contributed by atoms with van der Waals surface area (Å²) in [5, 5.41) is 6.65. The Morgan fingerprint density at radius 3 is 2.58 bits per heavy atom. The van der Waals surface area contributed by atoms with Crippen molar-refractivity contribution in [3.63, 3.8) is 0 Å². The number of hydrogen-bond donors (Lipinski definition) is 0. The molecule has 0 radical (unpaired) electrons. The molecule has 3 nitrogen and oxygen atoms in total. The Hall–Kier alpha value is -1.91. The van der Waals surface area contributed by atoms with Gasteiger partial charge in [-0.05, 0) is 37.3 Å². The van der Waals surface area contributed by atoms with Crippen molar-refractivity contribution in [3.8, 4) is 0 Å². The molecule has 2 heterocycles. The van der Waals surface area contributed by atoms with Gasteiger partial charge in [0.2, 0.25) is 0 Å². The average Bonchev–Trinajstić information content (AvgIpc) is 3.24. The highest BCUT2D eigenvalue weighted by Crippen LogP contribution is 2.17. The van der Waals surface area contributed by atoms with Gasteiger partial charge in [0, 0.05) is 42.3 Å². The molecule has 0 aliphatic carbocycles. The fourth-order valence-corrected chi connectivity index (χ4v) is 3.72. The molecular weight excluding hydrogens is 314 g/mol. The summed E-state index contributed by atoms with van der Waals surface area (Å²) in [5.41, 5.74) is 4.02. The molecule has 24 heavy (non-hydrogen) atoms. The van der Waals surface area contributed by atoms with E-state index in [1.54, 1.807) is 0 Å². The van der Waals surface area contributed by atoms with Crippen LogP contribution in [-0.2, 0) is 26.1 Å². The van der Waals surface area contributed by atoms with E-state index < -0.39 is 0 Å². The highest BCUT2D eigenvalue weighted by molar-refractivity contribution is 7.09. The van der Waals surface area contributed by atoms with E-state index in [2.05, 4.69) is 76.4 Å². The molecule has 0 aliphatic rings. The summed E-state index contributed by atoms with van der Waals surface area (Å²) in [6, 6.07) is 15.1. The van der Waals surface area contributed by atoms with Gasteiger partial charge >= 0.3 is 0 Å². The smallest absolute Gasteiger partial charge is 0.0537 e. The van der Waals surface area contributed by atoms with Crippen LogP contribution < -0.4 is 0 Å². The summed E-state index contributed by atoms with van der Waals surface area (Å²) in [7, 11) is 0. The van der Waals surface area contributed by atoms with Crippen LogP contribution in [0, 0.1) is 6.92 Å². The first kappa shape index (κ1) is 16.9. The highest BCUT2D eigenvalue weighted by atomic mass is 32.1. The molecule has 126 valence electrons. The number of thiophene rings is 1. The van der Waals surface area contributed by atoms with Gasteiger partial charge in [0.25, 0.3) is 0 Å². The molecule has 0 bridgehead atoms. The molecule has 4 heteroatoms. The van der Waals surface area contributed by atoms with Crippen molar-refractivity contribution in [1.29, 1.82) is 0 Å². The SMILES string of the molecule is CCn1ncc(CN(CCc2ccccc2)Cc2cccs2)c1C. The minimum absolute atomic E-state index is 0.931. The minimum Gasteiger partial charge on any atom is -0.294 e. The molecule has 0 amide bonds. The van der Waals surface area contributed by atoms with Crippen LogP contribution in [0.25, 0.3) is 0 Å². The number of nitrogens with zero attached hydrogens (tertiary/aromatic N) is 3. The first-order valence-corrected chi connectivity index (χ1v) is 9.44. The second-order valence-electron chi connectivity index (χ2n) is 6.10.